The molecule has 2 aromatic heterocycles. The molecule has 1 aromatic carbocycles. The molecule has 7 heteroatoms. The Morgan fingerprint density at radius 1 is 1.18 bits per heavy atom. The summed E-state index contributed by atoms with van der Waals surface area (Å²) in [7, 11) is 0. The van der Waals surface area contributed by atoms with Crippen LogP contribution in [0.5, 0.6) is 0 Å². The number of pyridine rings is 1. The molecule has 0 aliphatic heterocycles. The number of amides is 1. The van der Waals surface area contributed by atoms with Crippen molar-refractivity contribution >= 4 is 5.91 Å². The van der Waals surface area contributed by atoms with Crippen LogP contribution in [0, 0.1) is 5.82 Å². The molecule has 0 fully saturated rings. The highest BCUT2D eigenvalue weighted by Gasteiger charge is 2.17. The maximum Gasteiger partial charge on any atom is 0.251 e. The number of rotatable bonds is 7. The molecule has 0 aliphatic rings. The molecule has 0 saturated heterocycles. The SMILES string of the molecule is CCCC(=O)N[C@@H](Cc1cc(=O)[nH]c(-c2ccncc2)n1)c1ccc(F)cc1. The van der Waals surface area contributed by atoms with Gasteiger partial charge in [0.2, 0.25) is 5.91 Å². The number of aromatic amines is 1. The van der Waals surface area contributed by atoms with Crippen LogP contribution in [-0.2, 0) is 11.2 Å². The molecule has 2 heterocycles. The van der Waals surface area contributed by atoms with Crippen molar-refractivity contribution in [3.05, 3.63) is 82.3 Å². The summed E-state index contributed by atoms with van der Waals surface area (Å²) in [4.78, 5) is 35.5. The Kier molecular flexibility index (Phi) is 6.26. The second-order valence-electron chi connectivity index (χ2n) is 6.45. The molecule has 0 saturated carbocycles. The maximum atomic E-state index is 13.3. The van der Waals surface area contributed by atoms with Crippen LogP contribution in [0.1, 0.15) is 37.1 Å². The number of nitrogens with zero attached hydrogens (tertiary/aromatic N) is 2. The minimum Gasteiger partial charge on any atom is -0.349 e. The Hall–Kier alpha value is -3.35. The van der Waals surface area contributed by atoms with E-state index in [1.54, 1.807) is 36.7 Å². The van der Waals surface area contributed by atoms with Crippen LogP contribution in [0.4, 0.5) is 4.39 Å². The number of aromatic nitrogens is 3. The van der Waals surface area contributed by atoms with E-state index in [0.29, 0.717) is 24.4 Å². The van der Waals surface area contributed by atoms with Crippen LogP contribution >= 0.6 is 0 Å². The van der Waals surface area contributed by atoms with Gasteiger partial charge in [-0.15, -0.1) is 0 Å². The van der Waals surface area contributed by atoms with E-state index in [4.69, 9.17) is 0 Å². The third kappa shape index (κ3) is 5.09. The molecule has 0 bridgehead atoms. The number of halogens is 1. The van der Waals surface area contributed by atoms with Gasteiger partial charge >= 0.3 is 0 Å². The van der Waals surface area contributed by atoms with Gasteiger partial charge in [0.25, 0.3) is 5.56 Å². The molecule has 0 aliphatic carbocycles. The van der Waals surface area contributed by atoms with Gasteiger partial charge in [0.15, 0.2) is 0 Å². The molecule has 1 atom stereocenters. The first-order valence-electron chi connectivity index (χ1n) is 9.10. The molecule has 3 aromatic rings. The van der Waals surface area contributed by atoms with Gasteiger partial charge < -0.3 is 10.3 Å². The lowest BCUT2D eigenvalue weighted by Gasteiger charge is -2.19. The van der Waals surface area contributed by atoms with Gasteiger partial charge in [-0.1, -0.05) is 19.1 Å². The molecule has 6 nitrogen and oxygen atoms in total. The highest BCUT2D eigenvalue weighted by molar-refractivity contribution is 5.76. The second-order valence-corrected chi connectivity index (χ2v) is 6.45. The van der Waals surface area contributed by atoms with Gasteiger partial charge in [0, 0.05) is 36.9 Å². The summed E-state index contributed by atoms with van der Waals surface area (Å²) in [6, 6.07) is 10.5. The molecule has 0 unspecified atom stereocenters. The summed E-state index contributed by atoms with van der Waals surface area (Å²) in [5.41, 5.74) is 1.73. The van der Waals surface area contributed by atoms with Gasteiger partial charge in [0.05, 0.1) is 11.7 Å². The largest absolute Gasteiger partial charge is 0.349 e. The molecule has 1 amide bonds. The number of nitrogens with one attached hydrogen (secondary N) is 2. The Morgan fingerprint density at radius 2 is 1.89 bits per heavy atom. The number of hydrogen-bond acceptors (Lipinski definition) is 4. The normalized spacial score (nSPS) is 11.8. The molecule has 3 rings (SSSR count). The van der Waals surface area contributed by atoms with E-state index in [-0.39, 0.29) is 17.3 Å². The fraction of sp³-hybridized carbons (Fsp3) is 0.238. The van der Waals surface area contributed by atoms with Crippen molar-refractivity contribution in [2.45, 2.75) is 32.2 Å². The first-order chi connectivity index (χ1) is 13.5. The number of H-pyrrole nitrogens is 1. The van der Waals surface area contributed by atoms with Gasteiger partial charge in [-0.25, -0.2) is 9.37 Å². The molecule has 28 heavy (non-hydrogen) atoms. The van der Waals surface area contributed by atoms with Crippen molar-refractivity contribution in [3.63, 3.8) is 0 Å². The summed E-state index contributed by atoms with van der Waals surface area (Å²) in [6.45, 7) is 1.92. The van der Waals surface area contributed by atoms with Crippen molar-refractivity contribution in [2.24, 2.45) is 0 Å². The minimum atomic E-state index is -0.417. The van der Waals surface area contributed by atoms with E-state index in [1.807, 2.05) is 6.92 Å². The zero-order valence-electron chi connectivity index (χ0n) is 15.5. The topological polar surface area (TPSA) is 87.7 Å². The smallest absolute Gasteiger partial charge is 0.251 e. The van der Waals surface area contributed by atoms with Crippen LogP contribution in [0.25, 0.3) is 11.4 Å². The fourth-order valence-corrected chi connectivity index (χ4v) is 2.91. The van der Waals surface area contributed by atoms with E-state index >= 15 is 0 Å². The predicted molar refractivity (Wildman–Crippen MR) is 104 cm³/mol. The number of carbonyl (C=O) groups excluding carboxylic acids is 1. The third-order valence-electron chi connectivity index (χ3n) is 4.25. The summed E-state index contributed by atoms with van der Waals surface area (Å²) < 4.78 is 13.3. The standard InChI is InChI=1S/C21H21FN4O2/c1-2-3-19(27)25-18(14-4-6-16(22)7-5-14)12-17-13-20(28)26-21(24-17)15-8-10-23-11-9-15/h4-11,13,18H,2-3,12H2,1H3,(H,25,27)(H,24,26,28)/t18-/m0/s1. The predicted octanol–water partition coefficient (Wildman–Crippen LogP) is 3.17. The zero-order valence-corrected chi connectivity index (χ0v) is 15.5. The van der Waals surface area contributed by atoms with Crippen molar-refractivity contribution < 1.29 is 9.18 Å². The third-order valence-corrected chi connectivity index (χ3v) is 4.25. The van der Waals surface area contributed by atoms with Gasteiger partial charge in [-0.2, -0.15) is 0 Å². The Morgan fingerprint density at radius 3 is 2.57 bits per heavy atom. The van der Waals surface area contributed by atoms with Crippen molar-refractivity contribution in [2.75, 3.05) is 0 Å². The van der Waals surface area contributed by atoms with E-state index in [0.717, 1.165) is 17.5 Å². The Bertz CT molecular complexity index is 987. The molecule has 0 radical (unpaired) electrons. The fourth-order valence-electron chi connectivity index (χ4n) is 2.91. The highest BCUT2D eigenvalue weighted by Crippen LogP contribution is 2.20. The van der Waals surface area contributed by atoms with Gasteiger partial charge in [0.1, 0.15) is 11.6 Å². The van der Waals surface area contributed by atoms with E-state index < -0.39 is 6.04 Å². The first kappa shape index (κ1) is 19.4. The summed E-state index contributed by atoms with van der Waals surface area (Å²) >= 11 is 0. The van der Waals surface area contributed by atoms with E-state index in [1.165, 1.54) is 18.2 Å². The van der Waals surface area contributed by atoms with Crippen LogP contribution in [0.15, 0.2) is 59.7 Å². The van der Waals surface area contributed by atoms with Crippen LogP contribution < -0.4 is 10.9 Å². The Labute approximate surface area is 161 Å². The van der Waals surface area contributed by atoms with Crippen LogP contribution in [0.3, 0.4) is 0 Å². The van der Waals surface area contributed by atoms with Crippen molar-refractivity contribution in [1.29, 1.82) is 0 Å². The molecular weight excluding hydrogens is 359 g/mol. The van der Waals surface area contributed by atoms with E-state index in [2.05, 4.69) is 20.3 Å². The number of carbonyl (C=O) groups is 1. The zero-order chi connectivity index (χ0) is 19.9. The van der Waals surface area contributed by atoms with Crippen molar-refractivity contribution in [1.82, 2.24) is 20.3 Å². The van der Waals surface area contributed by atoms with E-state index in [9.17, 15) is 14.0 Å². The monoisotopic (exact) mass is 380 g/mol. The highest BCUT2D eigenvalue weighted by atomic mass is 19.1. The lowest BCUT2D eigenvalue weighted by molar-refractivity contribution is -0.121. The second kappa shape index (κ2) is 9.03. The van der Waals surface area contributed by atoms with Gasteiger partial charge in [-0.05, 0) is 36.2 Å². The number of hydrogen-bond donors (Lipinski definition) is 2. The molecule has 2 N–H and O–H groups in total. The van der Waals surface area contributed by atoms with Crippen LogP contribution in [-0.4, -0.2) is 20.9 Å². The summed E-state index contributed by atoms with van der Waals surface area (Å²) in [5.74, 6) is -0.0182. The number of benzene rings is 1. The lowest BCUT2D eigenvalue weighted by atomic mass is 10.0. The average Bonchev–Trinajstić information content (AvgIpc) is 2.68. The van der Waals surface area contributed by atoms with Crippen molar-refractivity contribution in [3.8, 4) is 11.4 Å². The summed E-state index contributed by atoms with van der Waals surface area (Å²) in [6.07, 6.45) is 4.66. The molecule has 0 spiro atoms. The summed E-state index contributed by atoms with van der Waals surface area (Å²) in [5, 5.41) is 2.96. The van der Waals surface area contributed by atoms with Gasteiger partial charge in [-0.3, -0.25) is 14.6 Å². The van der Waals surface area contributed by atoms with Crippen LogP contribution in [0.2, 0.25) is 0 Å². The quantitative estimate of drug-likeness (QED) is 0.659. The maximum absolute atomic E-state index is 13.3. The molecule has 144 valence electrons. The minimum absolute atomic E-state index is 0.101. The first-order valence-corrected chi connectivity index (χ1v) is 9.10. The lowest BCUT2D eigenvalue weighted by Crippen LogP contribution is -2.30. The Balaban J connectivity index is 1.91. The molecular formula is C21H21FN4O2. The average molecular weight is 380 g/mol.